The summed E-state index contributed by atoms with van der Waals surface area (Å²) in [5.74, 6) is 2.12. The molecule has 0 saturated heterocycles. The molecule has 1 aliphatic carbocycles. The van der Waals surface area contributed by atoms with E-state index in [4.69, 9.17) is 12.2 Å². The molecule has 0 radical (unpaired) electrons. The van der Waals surface area contributed by atoms with Gasteiger partial charge in [0, 0.05) is 11.6 Å². The van der Waals surface area contributed by atoms with Gasteiger partial charge in [-0.25, -0.2) is 4.39 Å². The number of rotatable bonds is 1. The van der Waals surface area contributed by atoms with E-state index in [1.54, 1.807) is 6.07 Å². The van der Waals surface area contributed by atoms with Crippen LogP contribution in [0.3, 0.4) is 0 Å². The van der Waals surface area contributed by atoms with E-state index in [1.165, 1.54) is 0 Å². The van der Waals surface area contributed by atoms with Crippen LogP contribution < -0.4 is 5.73 Å². The third-order valence-corrected chi connectivity index (χ3v) is 2.77. The molecule has 0 aromatic heterocycles. The summed E-state index contributed by atoms with van der Waals surface area (Å²) in [6.45, 7) is 0. The van der Waals surface area contributed by atoms with E-state index < -0.39 is 6.17 Å². The van der Waals surface area contributed by atoms with E-state index in [1.807, 2.05) is 12.1 Å². The van der Waals surface area contributed by atoms with Gasteiger partial charge in [0.1, 0.15) is 0 Å². The lowest BCUT2D eigenvalue weighted by Gasteiger charge is -2.09. The summed E-state index contributed by atoms with van der Waals surface area (Å²) in [4.78, 5) is 0. The van der Waals surface area contributed by atoms with Crippen LogP contribution in [-0.2, 0) is 6.42 Å². The fourth-order valence-electron chi connectivity index (χ4n) is 2.04. The van der Waals surface area contributed by atoms with Gasteiger partial charge in [-0.1, -0.05) is 24.1 Å². The molecule has 1 aromatic carbocycles. The second-order valence-corrected chi connectivity index (χ2v) is 3.59. The van der Waals surface area contributed by atoms with Crippen molar-refractivity contribution in [1.82, 2.24) is 0 Å². The maximum atomic E-state index is 13.4. The van der Waals surface area contributed by atoms with Crippen LogP contribution in [0.15, 0.2) is 18.2 Å². The predicted molar refractivity (Wildman–Crippen MR) is 54.4 cm³/mol. The number of alkyl halides is 1. The number of hydrogen-bond acceptors (Lipinski definition) is 1. The van der Waals surface area contributed by atoms with E-state index >= 15 is 0 Å². The van der Waals surface area contributed by atoms with Crippen LogP contribution in [0.1, 0.15) is 35.3 Å². The quantitative estimate of drug-likeness (QED) is 0.674. The Bertz CT molecular complexity index is 392. The maximum absolute atomic E-state index is 13.4. The summed E-state index contributed by atoms with van der Waals surface area (Å²) in [7, 11) is 0. The molecule has 2 rings (SSSR count). The highest BCUT2D eigenvalue weighted by Gasteiger charge is 2.23. The Morgan fingerprint density at radius 1 is 1.57 bits per heavy atom. The molecule has 1 nitrogen and oxygen atoms in total. The van der Waals surface area contributed by atoms with Crippen LogP contribution in [0.4, 0.5) is 4.39 Å². The van der Waals surface area contributed by atoms with Crippen molar-refractivity contribution in [2.24, 2.45) is 5.73 Å². The van der Waals surface area contributed by atoms with Gasteiger partial charge < -0.3 is 5.73 Å². The zero-order chi connectivity index (χ0) is 10.1. The van der Waals surface area contributed by atoms with Crippen molar-refractivity contribution in [2.45, 2.75) is 25.1 Å². The molecule has 0 saturated carbocycles. The smallest absolute Gasteiger partial charge is 0.185 e. The third-order valence-electron chi connectivity index (χ3n) is 2.77. The minimum absolute atomic E-state index is 0.0509. The van der Waals surface area contributed by atoms with Crippen molar-refractivity contribution in [3.8, 4) is 12.3 Å². The molecule has 1 aromatic rings. The Morgan fingerprint density at radius 3 is 3.07 bits per heavy atom. The molecule has 0 bridgehead atoms. The van der Waals surface area contributed by atoms with Crippen molar-refractivity contribution >= 4 is 0 Å². The lowest BCUT2D eigenvalue weighted by Crippen LogP contribution is -2.05. The number of fused-ring (bicyclic) bond motifs is 1. The van der Waals surface area contributed by atoms with E-state index in [-0.39, 0.29) is 6.04 Å². The Labute approximate surface area is 83.1 Å². The van der Waals surface area contributed by atoms with Gasteiger partial charge >= 0.3 is 0 Å². The van der Waals surface area contributed by atoms with Crippen LogP contribution in [0.2, 0.25) is 0 Å². The number of hydrogen-bond donors (Lipinski definition) is 1. The SMILES string of the molecule is C#CC(F)c1cccc2c1CCC2N. The molecule has 0 amide bonds. The molecular weight excluding hydrogens is 177 g/mol. The monoisotopic (exact) mass is 189 g/mol. The summed E-state index contributed by atoms with van der Waals surface area (Å²) in [5.41, 5.74) is 8.58. The number of halogens is 1. The fourth-order valence-corrected chi connectivity index (χ4v) is 2.04. The summed E-state index contributed by atoms with van der Waals surface area (Å²) < 4.78 is 13.4. The van der Waals surface area contributed by atoms with Gasteiger partial charge in [0.25, 0.3) is 0 Å². The topological polar surface area (TPSA) is 26.0 Å². The van der Waals surface area contributed by atoms with Crippen LogP contribution in [-0.4, -0.2) is 0 Å². The molecule has 2 atom stereocenters. The molecule has 14 heavy (non-hydrogen) atoms. The highest BCUT2D eigenvalue weighted by Crippen LogP contribution is 2.34. The first-order valence-electron chi connectivity index (χ1n) is 4.71. The Hall–Kier alpha value is -1.33. The second-order valence-electron chi connectivity index (χ2n) is 3.59. The molecule has 1 aliphatic rings. The maximum Gasteiger partial charge on any atom is 0.185 e. The van der Waals surface area contributed by atoms with Gasteiger partial charge in [-0.3, -0.25) is 0 Å². The summed E-state index contributed by atoms with van der Waals surface area (Å²) >= 11 is 0. The average Bonchev–Trinajstić information content (AvgIpc) is 2.59. The van der Waals surface area contributed by atoms with Crippen LogP contribution in [0, 0.1) is 12.3 Å². The Kier molecular flexibility index (Phi) is 2.26. The van der Waals surface area contributed by atoms with Gasteiger partial charge in [-0.15, -0.1) is 6.42 Å². The van der Waals surface area contributed by atoms with Gasteiger partial charge in [0.15, 0.2) is 6.17 Å². The molecule has 0 aliphatic heterocycles. The molecule has 72 valence electrons. The van der Waals surface area contributed by atoms with Crippen molar-refractivity contribution in [1.29, 1.82) is 0 Å². The highest BCUT2D eigenvalue weighted by molar-refractivity contribution is 5.43. The first-order valence-corrected chi connectivity index (χ1v) is 4.71. The number of nitrogens with two attached hydrogens (primary N) is 1. The highest BCUT2D eigenvalue weighted by atomic mass is 19.1. The lowest BCUT2D eigenvalue weighted by atomic mass is 9.99. The molecule has 0 heterocycles. The predicted octanol–water partition coefficient (Wildman–Crippen LogP) is 2.28. The van der Waals surface area contributed by atoms with Crippen LogP contribution in [0.5, 0.6) is 0 Å². The first kappa shape index (κ1) is 9.23. The zero-order valence-electron chi connectivity index (χ0n) is 7.83. The average molecular weight is 189 g/mol. The van der Waals surface area contributed by atoms with E-state index in [9.17, 15) is 4.39 Å². The summed E-state index contributed by atoms with van der Waals surface area (Å²) in [5, 5.41) is 0. The molecule has 2 heteroatoms. The molecule has 2 N–H and O–H groups in total. The van der Waals surface area contributed by atoms with E-state index in [0.717, 1.165) is 24.0 Å². The Morgan fingerprint density at radius 2 is 2.36 bits per heavy atom. The van der Waals surface area contributed by atoms with Crippen LogP contribution in [0.25, 0.3) is 0 Å². The normalized spacial score (nSPS) is 21.4. The van der Waals surface area contributed by atoms with Gasteiger partial charge in [-0.2, -0.15) is 0 Å². The largest absolute Gasteiger partial charge is 0.324 e. The van der Waals surface area contributed by atoms with E-state index in [0.29, 0.717) is 5.56 Å². The summed E-state index contributed by atoms with van der Waals surface area (Å²) in [6.07, 6.45) is 5.52. The van der Waals surface area contributed by atoms with Crippen LogP contribution >= 0.6 is 0 Å². The lowest BCUT2D eigenvalue weighted by molar-refractivity contribution is 0.426. The molecular formula is C12H12FN. The van der Waals surface area contributed by atoms with Crippen molar-refractivity contribution in [3.63, 3.8) is 0 Å². The Balaban J connectivity index is 2.50. The van der Waals surface area contributed by atoms with Crippen molar-refractivity contribution in [2.75, 3.05) is 0 Å². The minimum Gasteiger partial charge on any atom is -0.324 e. The first-order chi connectivity index (χ1) is 6.74. The molecule has 0 spiro atoms. The standard InChI is InChI=1S/C12H12FN/c1-2-11(13)9-4-3-5-10-8(9)6-7-12(10)14/h1,3-5,11-12H,6-7,14H2. The molecule has 0 fully saturated rings. The minimum atomic E-state index is -1.30. The van der Waals surface area contributed by atoms with E-state index in [2.05, 4.69) is 5.92 Å². The van der Waals surface area contributed by atoms with Gasteiger partial charge in [0.05, 0.1) is 0 Å². The summed E-state index contributed by atoms with van der Waals surface area (Å²) in [6, 6.07) is 5.58. The second kappa shape index (κ2) is 3.43. The van der Waals surface area contributed by atoms with Crippen molar-refractivity contribution in [3.05, 3.63) is 34.9 Å². The number of benzene rings is 1. The zero-order valence-corrected chi connectivity index (χ0v) is 7.83. The van der Waals surface area contributed by atoms with Gasteiger partial charge in [0.2, 0.25) is 0 Å². The fraction of sp³-hybridized carbons (Fsp3) is 0.333. The molecule has 2 unspecified atom stereocenters. The van der Waals surface area contributed by atoms with Crippen molar-refractivity contribution < 1.29 is 4.39 Å². The number of terminal acetylenes is 1. The third kappa shape index (κ3) is 1.30. The van der Waals surface area contributed by atoms with Gasteiger partial charge in [-0.05, 0) is 24.0 Å².